The van der Waals surface area contributed by atoms with Crippen LogP contribution in [-0.2, 0) is 17.6 Å². The van der Waals surface area contributed by atoms with Gasteiger partial charge in [-0.3, -0.25) is 4.79 Å². The summed E-state index contributed by atoms with van der Waals surface area (Å²) in [6.45, 7) is 1.83. The molecule has 1 amide bonds. The zero-order chi connectivity index (χ0) is 20.1. The predicted octanol–water partition coefficient (Wildman–Crippen LogP) is 4.54. The summed E-state index contributed by atoms with van der Waals surface area (Å²) in [5, 5.41) is 14.4. The summed E-state index contributed by atoms with van der Waals surface area (Å²) in [5.41, 5.74) is 2.93. The van der Waals surface area contributed by atoms with Crippen molar-refractivity contribution in [3.63, 3.8) is 0 Å². The van der Waals surface area contributed by atoms with Crippen LogP contribution in [0.4, 0.5) is 14.5 Å². The van der Waals surface area contributed by atoms with Crippen LogP contribution in [0.1, 0.15) is 42.5 Å². The van der Waals surface area contributed by atoms with E-state index in [1.165, 1.54) is 23.6 Å². The first-order valence-electron chi connectivity index (χ1n) is 9.23. The van der Waals surface area contributed by atoms with Crippen LogP contribution >= 0.6 is 0 Å². The topological polar surface area (TPSA) is 64.9 Å². The number of amides is 1. The number of fused-ring (bicyclic) bond motifs is 1. The second-order valence-corrected chi connectivity index (χ2v) is 6.84. The molecule has 4 nitrogen and oxygen atoms in total. The number of carbonyl (C=O) groups is 1. The largest absolute Gasteiger partial charge is 0.355 e. The Labute approximate surface area is 162 Å². The lowest BCUT2D eigenvalue weighted by atomic mass is 9.89. The lowest BCUT2D eigenvalue weighted by Gasteiger charge is -2.20. The number of halogens is 2. The lowest BCUT2D eigenvalue weighted by Crippen LogP contribution is -2.28. The van der Waals surface area contributed by atoms with Crippen molar-refractivity contribution in [3.05, 3.63) is 76.5 Å². The summed E-state index contributed by atoms with van der Waals surface area (Å²) >= 11 is 0. The molecule has 0 aromatic heterocycles. The van der Waals surface area contributed by atoms with Gasteiger partial charge < -0.3 is 10.6 Å². The van der Waals surface area contributed by atoms with Crippen LogP contribution in [0.2, 0.25) is 0 Å². The molecule has 2 N–H and O–H groups in total. The fraction of sp³-hybridized carbons (Fsp3) is 0.273. The van der Waals surface area contributed by atoms with Crippen LogP contribution in [0.5, 0.6) is 0 Å². The highest BCUT2D eigenvalue weighted by Gasteiger charge is 2.17. The minimum absolute atomic E-state index is 0.271. The number of hydrogen-bond donors (Lipinski definition) is 2. The highest BCUT2D eigenvalue weighted by atomic mass is 19.1. The number of rotatable bonds is 5. The van der Waals surface area contributed by atoms with Gasteiger partial charge in [0.1, 0.15) is 29.0 Å². The van der Waals surface area contributed by atoms with Gasteiger partial charge in [-0.25, -0.2) is 8.78 Å². The molecule has 1 unspecified atom stereocenters. The molecular formula is C22H21F2N3O. The monoisotopic (exact) mass is 381 g/mol. The minimum atomic E-state index is -0.809. The molecule has 0 heterocycles. The highest BCUT2D eigenvalue weighted by molar-refractivity contribution is 5.97. The van der Waals surface area contributed by atoms with E-state index in [4.69, 9.17) is 0 Å². The van der Waals surface area contributed by atoms with E-state index in [2.05, 4.69) is 22.8 Å². The van der Waals surface area contributed by atoms with Gasteiger partial charge in [-0.1, -0.05) is 24.3 Å². The van der Waals surface area contributed by atoms with Gasteiger partial charge >= 0.3 is 0 Å². The van der Waals surface area contributed by atoms with E-state index in [-0.39, 0.29) is 11.6 Å². The predicted molar refractivity (Wildman–Crippen MR) is 103 cm³/mol. The van der Waals surface area contributed by atoms with Gasteiger partial charge in [0.25, 0.3) is 5.91 Å². The average molecular weight is 381 g/mol. The van der Waals surface area contributed by atoms with Crippen molar-refractivity contribution in [2.24, 2.45) is 0 Å². The maximum absolute atomic E-state index is 13.7. The van der Waals surface area contributed by atoms with Crippen molar-refractivity contribution in [2.75, 3.05) is 5.32 Å². The number of benzene rings is 2. The van der Waals surface area contributed by atoms with Crippen molar-refractivity contribution < 1.29 is 13.6 Å². The molecule has 3 rings (SSSR count). The molecule has 1 aliphatic rings. The summed E-state index contributed by atoms with van der Waals surface area (Å²) in [7, 11) is 0. The van der Waals surface area contributed by atoms with Crippen LogP contribution in [0.25, 0.3) is 0 Å². The van der Waals surface area contributed by atoms with Crippen molar-refractivity contribution in [1.29, 1.82) is 5.26 Å². The first kappa shape index (κ1) is 19.6. The maximum atomic E-state index is 13.7. The Morgan fingerprint density at radius 1 is 1.14 bits per heavy atom. The summed E-state index contributed by atoms with van der Waals surface area (Å²) in [6, 6.07) is 11.0. The molecule has 28 heavy (non-hydrogen) atoms. The molecule has 2 aromatic rings. The summed E-state index contributed by atoms with van der Waals surface area (Å²) in [6.07, 6.45) is 5.49. The van der Waals surface area contributed by atoms with Crippen molar-refractivity contribution in [3.8, 4) is 6.07 Å². The Hall–Kier alpha value is -3.20. The normalized spacial score (nSPS) is 14.6. The van der Waals surface area contributed by atoms with E-state index < -0.39 is 23.2 Å². The van der Waals surface area contributed by atoms with Gasteiger partial charge in [0.2, 0.25) is 0 Å². The molecule has 0 saturated carbocycles. The third-order valence-electron chi connectivity index (χ3n) is 4.91. The molecule has 144 valence electrons. The van der Waals surface area contributed by atoms with E-state index in [0.29, 0.717) is 0 Å². The standard InChI is InChI=1S/C22H21F2N3O/c1-14(16-10-9-15-5-2-3-6-17(15)11-16)27-22(28)18(12-25)13-26-21-19(23)7-4-8-20(21)24/h4,7-11,13-14,26H,2-3,5-6H2,1H3,(H,27,28)/b18-13-. The fourth-order valence-corrected chi connectivity index (χ4v) is 3.31. The summed E-state index contributed by atoms with van der Waals surface area (Å²) in [4.78, 5) is 12.4. The van der Waals surface area contributed by atoms with Gasteiger partial charge in [-0.2, -0.15) is 5.26 Å². The van der Waals surface area contributed by atoms with Crippen molar-refractivity contribution in [1.82, 2.24) is 5.32 Å². The zero-order valence-electron chi connectivity index (χ0n) is 15.6. The molecule has 0 bridgehead atoms. The lowest BCUT2D eigenvalue weighted by molar-refractivity contribution is -0.117. The molecule has 2 aromatic carbocycles. The summed E-state index contributed by atoms with van der Waals surface area (Å²) in [5.74, 6) is -2.23. The molecule has 1 atom stereocenters. The number of para-hydroxylation sites is 1. The van der Waals surface area contributed by atoms with Gasteiger partial charge in [0.05, 0.1) is 6.04 Å². The number of nitrogens with one attached hydrogen (secondary N) is 2. The second kappa shape index (κ2) is 8.66. The Morgan fingerprint density at radius 2 is 1.82 bits per heavy atom. The number of aryl methyl sites for hydroxylation is 2. The van der Waals surface area contributed by atoms with E-state index in [1.54, 1.807) is 6.07 Å². The van der Waals surface area contributed by atoms with E-state index in [9.17, 15) is 18.8 Å². The van der Waals surface area contributed by atoms with Gasteiger partial charge in [0, 0.05) is 6.20 Å². The SMILES string of the molecule is CC(NC(=O)/C(C#N)=C\Nc1c(F)cccc1F)c1ccc2c(c1)CCCC2. The molecule has 0 spiro atoms. The Kier molecular flexibility index (Phi) is 6.05. The Balaban J connectivity index is 1.70. The molecule has 0 saturated heterocycles. The van der Waals surface area contributed by atoms with E-state index >= 15 is 0 Å². The molecule has 0 radical (unpaired) electrons. The summed E-state index contributed by atoms with van der Waals surface area (Å²) < 4.78 is 27.3. The van der Waals surface area contributed by atoms with Gasteiger partial charge in [-0.05, 0) is 61.4 Å². The van der Waals surface area contributed by atoms with Gasteiger partial charge in [0.15, 0.2) is 0 Å². The molecular weight excluding hydrogens is 360 g/mol. The third kappa shape index (κ3) is 4.37. The van der Waals surface area contributed by atoms with Crippen molar-refractivity contribution >= 4 is 11.6 Å². The van der Waals surface area contributed by atoms with E-state index in [0.717, 1.165) is 43.2 Å². The Bertz CT molecular complexity index is 942. The molecule has 6 heteroatoms. The van der Waals surface area contributed by atoms with Crippen LogP contribution in [0, 0.1) is 23.0 Å². The zero-order valence-corrected chi connectivity index (χ0v) is 15.6. The molecule has 0 fully saturated rings. The van der Waals surface area contributed by atoms with E-state index in [1.807, 2.05) is 13.0 Å². The number of carbonyl (C=O) groups excluding carboxylic acids is 1. The first-order chi connectivity index (χ1) is 13.5. The maximum Gasteiger partial charge on any atom is 0.263 e. The van der Waals surface area contributed by atoms with Crippen LogP contribution in [0.15, 0.2) is 48.2 Å². The average Bonchev–Trinajstić information content (AvgIpc) is 2.69. The second-order valence-electron chi connectivity index (χ2n) is 6.84. The van der Waals surface area contributed by atoms with Crippen LogP contribution in [-0.4, -0.2) is 5.91 Å². The quantitative estimate of drug-likeness (QED) is 0.590. The first-order valence-corrected chi connectivity index (χ1v) is 9.23. The highest BCUT2D eigenvalue weighted by Crippen LogP contribution is 2.25. The fourth-order valence-electron chi connectivity index (χ4n) is 3.31. The number of hydrogen-bond acceptors (Lipinski definition) is 3. The van der Waals surface area contributed by atoms with Gasteiger partial charge in [-0.15, -0.1) is 0 Å². The minimum Gasteiger partial charge on any atom is -0.355 e. The number of nitriles is 1. The number of anilines is 1. The number of nitrogens with zero attached hydrogens (tertiary/aromatic N) is 1. The third-order valence-corrected chi connectivity index (χ3v) is 4.91. The van der Waals surface area contributed by atoms with Crippen LogP contribution in [0.3, 0.4) is 0 Å². The van der Waals surface area contributed by atoms with Crippen LogP contribution < -0.4 is 10.6 Å². The smallest absolute Gasteiger partial charge is 0.263 e. The molecule has 0 aliphatic heterocycles. The Morgan fingerprint density at radius 3 is 2.50 bits per heavy atom. The molecule has 1 aliphatic carbocycles. The van der Waals surface area contributed by atoms with Crippen molar-refractivity contribution in [2.45, 2.75) is 38.6 Å².